The van der Waals surface area contributed by atoms with Gasteiger partial charge in [0.15, 0.2) is 0 Å². The largest absolute Gasteiger partial charge is 0.354 e. The van der Waals surface area contributed by atoms with Crippen molar-refractivity contribution in [1.82, 2.24) is 10.0 Å². The van der Waals surface area contributed by atoms with E-state index in [2.05, 4.69) is 22.0 Å². The first kappa shape index (κ1) is 16.5. The van der Waals surface area contributed by atoms with Crippen LogP contribution < -0.4 is 10.0 Å². The molecule has 0 spiro atoms. The zero-order valence-corrected chi connectivity index (χ0v) is 13.6. The van der Waals surface area contributed by atoms with E-state index in [9.17, 15) is 13.2 Å². The van der Waals surface area contributed by atoms with Crippen LogP contribution in [0.2, 0.25) is 0 Å². The lowest BCUT2D eigenvalue weighted by molar-refractivity contribution is -0.121. The van der Waals surface area contributed by atoms with Crippen molar-refractivity contribution < 1.29 is 13.2 Å². The number of nitrogens with zero attached hydrogens (tertiary/aromatic N) is 1. The highest BCUT2D eigenvalue weighted by Crippen LogP contribution is 2.22. The zero-order valence-electron chi connectivity index (χ0n) is 12.8. The molecule has 0 radical (unpaired) electrons. The van der Waals surface area contributed by atoms with Crippen molar-refractivity contribution in [2.75, 3.05) is 6.54 Å². The second kappa shape index (κ2) is 6.91. The van der Waals surface area contributed by atoms with E-state index in [1.165, 1.54) is 0 Å². The summed E-state index contributed by atoms with van der Waals surface area (Å²) in [4.78, 5) is 16.2. The lowest BCUT2D eigenvalue weighted by Gasteiger charge is -2.11. The predicted octanol–water partition coefficient (Wildman–Crippen LogP) is 1.42. The third-order valence-electron chi connectivity index (χ3n) is 3.40. The molecule has 120 valence electrons. The number of benzene rings is 1. The van der Waals surface area contributed by atoms with Gasteiger partial charge in [-0.1, -0.05) is 25.5 Å². The Hall–Kier alpha value is -1.89. The van der Waals surface area contributed by atoms with Crippen molar-refractivity contribution in [3.05, 3.63) is 29.8 Å². The zero-order chi connectivity index (χ0) is 16.2. The van der Waals surface area contributed by atoms with Gasteiger partial charge in [-0.3, -0.25) is 14.5 Å². The summed E-state index contributed by atoms with van der Waals surface area (Å²) < 4.78 is 26.2. The van der Waals surface area contributed by atoms with Crippen molar-refractivity contribution in [1.29, 1.82) is 0 Å². The van der Waals surface area contributed by atoms with E-state index in [0.29, 0.717) is 11.4 Å². The molecule has 1 aliphatic heterocycles. The number of carbonyl (C=O) groups excluding carboxylic acids is 1. The van der Waals surface area contributed by atoms with Crippen LogP contribution in [0.1, 0.15) is 38.7 Å². The van der Waals surface area contributed by atoms with Crippen LogP contribution in [-0.4, -0.2) is 32.7 Å². The minimum atomic E-state index is -3.51. The van der Waals surface area contributed by atoms with Crippen molar-refractivity contribution in [3.8, 4) is 0 Å². The second-order valence-corrected chi connectivity index (χ2v) is 6.99. The van der Waals surface area contributed by atoms with Gasteiger partial charge in [0.2, 0.25) is 5.91 Å². The Morgan fingerprint density at radius 1 is 1.36 bits per heavy atom. The molecule has 1 unspecified atom stereocenters. The topological polar surface area (TPSA) is 87.6 Å². The molecule has 1 aromatic carbocycles. The number of fused-ring (bicyclic) bond motifs is 1. The van der Waals surface area contributed by atoms with Gasteiger partial charge in [0, 0.05) is 18.0 Å². The Morgan fingerprint density at radius 3 is 2.82 bits per heavy atom. The molecule has 6 nitrogen and oxygen atoms in total. The van der Waals surface area contributed by atoms with Gasteiger partial charge in [-0.25, -0.2) is 8.42 Å². The van der Waals surface area contributed by atoms with Crippen LogP contribution in [0.15, 0.2) is 34.2 Å². The van der Waals surface area contributed by atoms with E-state index in [1.54, 1.807) is 24.3 Å². The molecule has 2 N–H and O–H groups in total. The SMILES string of the molecule is CCCC(C)NC(=O)CCN=C1NS(=O)(=O)c2ccccc21. The van der Waals surface area contributed by atoms with Crippen molar-refractivity contribution in [2.45, 2.75) is 44.0 Å². The van der Waals surface area contributed by atoms with Gasteiger partial charge in [0.1, 0.15) is 5.84 Å². The van der Waals surface area contributed by atoms with Crippen LogP contribution >= 0.6 is 0 Å². The van der Waals surface area contributed by atoms with Crippen molar-refractivity contribution in [3.63, 3.8) is 0 Å². The summed E-state index contributed by atoms with van der Waals surface area (Å²) in [6, 6.07) is 6.82. The van der Waals surface area contributed by atoms with Gasteiger partial charge in [0.25, 0.3) is 10.0 Å². The van der Waals surface area contributed by atoms with Crippen molar-refractivity contribution in [2.24, 2.45) is 4.99 Å². The Labute approximate surface area is 131 Å². The molecule has 1 amide bonds. The van der Waals surface area contributed by atoms with Crippen LogP contribution in [-0.2, 0) is 14.8 Å². The number of sulfonamides is 1. The first-order chi connectivity index (χ1) is 10.4. The maximum Gasteiger partial charge on any atom is 0.263 e. The lowest BCUT2D eigenvalue weighted by Crippen LogP contribution is -2.32. The Bertz CT molecular complexity index is 683. The minimum Gasteiger partial charge on any atom is -0.354 e. The standard InChI is InChI=1S/C15H21N3O3S/c1-3-6-11(2)17-14(19)9-10-16-15-12-7-4-5-8-13(12)22(20,21)18-15/h4-5,7-8,11H,3,6,9-10H2,1-2H3,(H,16,18)(H,17,19). The summed E-state index contributed by atoms with van der Waals surface area (Å²) in [5, 5.41) is 2.89. The van der Waals surface area contributed by atoms with E-state index >= 15 is 0 Å². The van der Waals surface area contributed by atoms with Crippen LogP contribution in [0.5, 0.6) is 0 Å². The molecule has 0 aromatic heterocycles. The highest BCUT2D eigenvalue weighted by molar-refractivity contribution is 7.90. The molecule has 7 heteroatoms. The first-order valence-electron chi connectivity index (χ1n) is 7.40. The maximum atomic E-state index is 11.9. The highest BCUT2D eigenvalue weighted by atomic mass is 32.2. The third-order valence-corrected chi connectivity index (χ3v) is 4.80. The molecular weight excluding hydrogens is 302 g/mol. The Balaban J connectivity index is 1.97. The van der Waals surface area contributed by atoms with Crippen LogP contribution in [0.25, 0.3) is 0 Å². The quantitative estimate of drug-likeness (QED) is 0.830. The van der Waals surface area contributed by atoms with E-state index < -0.39 is 10.0 Å². The van der Waals surface area contributed by atoms with E-state index in [0.717, 1.165) is 12.8 Å². The smallest absolute Gasteiger partial charge is 0.263 e. The van der Waals surface area contributed by atoms with E-state index in [1.807, 2.05) is 6.92 Å². The van der Waals surface area contributed by atoms with E-state index in [-0.39, 0.29) is 29.8 Å². The fourth-order valence-corrected chi connectivity index (χ4v) is 3.62. The van der Waals surface area contributed by atoms with Gasteiger partial charge < -0.3 is 5.32 Å². The van der Waals surface area contributed by atoms with Gasteiger partial charge in [0.05, 0.1) is 11.4 Å². The molecule has 22 heavy (non-hydrogen) atoms. The van der Waals surface area contributed by atoms with Crippen LogP contribution in [0.4, 0.5) is 0 Å². The van der Waals surface area contributed by atoms with Crippen molar-refractivity contribution >= 4 is 21.8 Å². The van der Waals surface area contributed by atoms with Crippen LogP contribution in [0, 0.1) is 0 Å². The van der Waals surface area contributed by atoms with Gasteiger partial charge >= 0.3 is 0 Å². The number of nitrogens with one attached hydrogen (secondary N) is 2. The summed E-state index contributed by atoms with van der Waals surface area (Å²) in [6.45, 7) is 4.28. The van der Waals surface area contributed by atoms with Crippen LogP contribution in [0.3, 0.4) is 0 Å². The molecule has 0 bridgehead atoms. The number of amides is 1. The normalized spacial score (nSPS) is 18.5. The van der Waals surface area contributed by atoms with Gasteiger partial charge in [-0.15, -0.1) is 0 Å². The number of rotatable bonds is 6. The van der Waals surface area contributed by atoms with Gasteiger partial charge in [-0.2, -0.15) is 0 Å². The number of carbonyl (C=O) groups is 1. The predicted molar refractivity (Wildman–Crippen MR) is 85.3 cm³/mol. The average Bonchev–Trinajstić information content (AvgIpc) is 2.71. The molecule has 0 aliphatic carbocycles. The number of aliphatic imine (C=N–C) groups is 1. The summed E-state index contributed by atoms with van der Waals surface area (Å²) in [5.74, 6) is 0.240. The van der Waals surface area contributed by atoms with Gasteiger partial charge in [-0.05, 0) is 25.5 Å². The summed E-state index contributed by atoms with van der Waals surface area (Å²) >= 11 is 0. The second-order valence-electron chi connectivity index (χ2n) is 5.34. The number of amidine groups is 1. The monoisotopic (exact) mass is 323 g/mol. The fraction of sp³-hybridized carbons (Fsp3) is 0.467. The summed E-state index contributed by atoms with van der Waals surface area (Å²) in [7, 11) is -3.51. The fourth-order valence-electron chi connectivity index (χ4n) is 2.37. The molecule has 0 saturated carbocycles. The Morgan fingerprint density at radius 2 is 2.09 bits per heavy atom. The molecule has 0 fully saturated rings. The highest BCUT2D eigenvalue weighted by Gasteiger charge is 2.29. The maximum absolute atomic E-state index is 11.9. The summed E-state index contributed by atoms with van der Waals surface area (Å²) in [5.41, 5.74) is 0.558. The minimum absolute atomic E-state index is 0.0700. The molecule has 1 aromatic rings. The molecule has 2 rings (SSSR count). The molecular formula is C15H21N3O3S. The average molecular weight is 323 g/mol. The van der Waals surface area contributed by atoms with E-state index in [4.69, 9.17) is 0 Å². The third kappa shape index (κ3) is 3.85. The molecule has 1 atom stereocenters. The lowest BCUT2D eigenvalue weighted by atomic mass is 10.2. The first-order valence-corrected chi connectivity index (χ1v) is 8.88. The molecule has 1 aliphatic rings. The number of hydrogen-bond donors (Lipinski definition) is 2. The molecule has 1 heterocycles. The Kier molecular flexibility index (Phi) is 5.18. The summed E-state index contributed by atoms with van der Waals surface area (Å²) in [6.07, 6.45) is 2.19. The molecule has 0 saturated heterocycles. The number of hydrogen-bond acceptors (Lipinski definition) is 4.